The van der Waals surface area contributed by atoms with Gasteiger partial charge in [0.2, 0.25) is 5.96 Å². The molecule has 0 radical (unpaired) electrons. The van der Waals surface area contributed by atoms with Gasteiger partial charge in [0, 0.05) is 21.6 Å². The highest BCUT2D eigenvalue weighted by molar-refractivity contribution is 6.31. The van der Waals surface area contributed by atoms with Crippen LogP contribution in [0.3, 0.4) is 0 Å². The van der Waals surface area contributed by atoms with Gasteiger partial charge in [-0.15, -0.1) is 5.10 Å². The number of aromatic nitrogens is 1. The quantitative estimate of drug-likeness (QED) is 0.321. The van der Waals surface area contributed by atoms with Crippen LogP contribution in [0.1, 0.15) is 23.0 Å². The molecule has 0 aliphatic rings. The van der Waals surface area contributed by atoms with Crippen molar-refractivity contribution in [2.45, 2.75) is 6.92 Å². The largest absolute Gasteiger partial charge is 0.369 e. The van der Waals surface area contributed by atoms with Gasteiger partial charge in [0.25, 0.3) is 5.91 Å². The Morgan fingerprint density at radius 1 is 1.08 bits per heavy atom. The van der Waals surface area contributed by atoms with Crippen molar-refractivity contribution in [2.24, 2.45) is 21.7 Å². The molecule has 0 aliphatic carbocycles. The van der Waals surface area contributed by atoms with Crippen molar-refractivity contribution in [1.29, 1.82) is 0 Å². The van der Waals surface area contributed by atoms with Gasteiger partial charge in [0.15, 0.2) is 0 Å². The molecule has 0 saturated carbocycles. The molecule has 3 rings (SSSR count). The van der Waals surface area contributed by atoms with Gasteiger partial charge in [-0.2, -0.15) is 5.10 Å². The van der Waals surface area contributed by atoms with Crippen molar-refractivity contribution in [1.82, 2.24) is 4.98 Å². The molecule has 0 bridgehead atoms. The van der Waals surface area contributed by atoms with E-state index in [0.717, 1.165) is 16.5 Å². The second kappa shape index (κ2) is 7.28. The Morgan fingerprint density at radius 3 is 2.50 bits per heavy atom. The van der Waals surface area contributed by atoms with Gasteiger partial charge in [-0.25, -0.2) is 0 Å². The van der Waals surface area contributed by atoms with Gasteiger partial charge >= 0.3 is 0 Å². The standard InChI is InChI=1S/C18H17ClN6O/c1-10(24-25-18(20)21)11-2-5-14(6-3-11)22-17(26)16-9-12-8-13(19)4-7-15(12)23-16/h2-9,23H,1H3,(H,22,26)(H4,20,21,25)/b24-10-. The maximum absolute atomic E-state index is 12.4. The number of anilines is 1. The van der Waals surface area contributed by atoms with E-state index in [1.807, 2.05) is 18.2 Å². The lowest BCUT2D eigenvalue weighted by Crippen LogP contribution is -2.22. The van der Waals surface area contributed by atoms with Crippen molar-refractivity contribution >= 4 is 45.8 Å². The zero-order valence-electron chi connectivity index (χ0n) is 14.0. The van der Waals surface area contributed by atoms with E-state index in [2.05, 4.69) is 20.5 Å². The smallest absolute Gasteiger partial charge is 0.272 e. The molecule has 132 valence electrons. The van der Waals surface area contributed by atoms with Gasteiger partial charge in [-0.1, -0.05) is 23.7 Å². The Bertz CT molecular complexity index is 1020. The number of nitrogens with one attached hydrogen (secondary N) is 2. The van der Waals surface area contributed by atoms with Gasteiger partial charge in [0.1, 0.15) is 5.69 Å². The third-order valence-electron chi connectivity index (χ3n) is 3.70. The summed E-state index contributed by atoms with van der Waals surface area (Å²) in [7, 11) is 0. The number of amides is 1. The predicted octanol–water partition coefficient (Wildman–Crippen LogP) is 3.07. The Kier molecular flexibility index (Phi) is 4.90. The molecule has 0 atom stereocenters. The first-order valence-corrected chi connectivity index (χ1v) is 8.13. The Hall–Kier alpha value is -3.32. The van der Waals surface area contributed by atoms with Crippen molar-refractivity contribution in [3.05, 3.63) is 64.8 Å². The van der Waals surface area contributed by atoms with Crippen LogP contribution in [0.15, 0.2) is 58.7 Å². The lowest BCUT2D eigenvalue weighted by molar-refractivity contribution is 0.102. The number of guanidine groups is 1. The van der Waals surface area contributed by atoms with Crippen LogP contribution in [0.2, 0.25) is 5.02 Å². The number of benzene rings is 2. The molecule has 2 aromatic carbocycles. The monoisotopic (exact) mass is 368 g/mol. The fourth-order valence-electron chi connectivity index (χ4n) is 2.41. The lowest BCUT2D eigenvalue weighted by Gasteiger charge is -2.05. The predicted molar refractivity (Wildman–Crippen MR) is 106 cm³/mol. The lowest BCUT2D eigenvalue weighted by atomic mass is 10.1. The SMILES string of the molecule is C/C(=N/N=C(N)N)c1ccc(NC(=O)c2cc3cc(Cl)ccc3[nH]2)cc1. The number of rotatable bonds is 4. The average molecular weight is 369 g/mol. The second-order valence-electron chi connectivity index (χ2n) is 5.66. The number of H-pyrrole nitrogens is 1. The third-order valence-corrected chi connectivity index (χ3v) is 3.94. The van der Waals surface area contributed by atoms with Gasteiger partial charge in [0.05, 0.1) is 5.71 Å². The zero-order chi connectivity index (χ0) is 18.7. The fourth-order valence-corrected chi connectivity index (χ4v) is 2.59. The highest BCUT2D eigenvalue weighted by Gasteiger charge is 2.10. The normalized spacial score (nSPS) is 11.4. The first-order chi connectivity index (χ1) is 12.4. The summed E-state index contributed by atoms with van der Waals surface area (Å²) in [4.78, 5) is 15.5. The number of carbonyl (C=O) groups is 1. The van der Waals surface area contributed by atoms with E-state index in [-0.39, 0.29) is 11.9 Å². The number of nitrogens with two attached hydrogens (primary N) is 2. The molecule has 3 aromatic rings. The second-order valence-corrected chi connectivity index (χ2v) is 6.09. The van der Waals surface area contributed by atoms with Crippen LogP contribution in [0.4, 0.5) is 5.69 Å². The molecule has 1 amide bonds. The molecule has 7 nitrogen and oxygen atoms in total. The number of nitrogens with zero attached hydrogens (tertiary/aromatic N) is 2. The number of aromatic amines is 1. The molecular formula is C18H17ClN6O. The number of hydrogen-bond acceptors (Lipinski definition) is 3. The molecule has 6 N–H and O–H groups in total. The van der Waals surface area contributed by atoms with Crippen LogP contribution >= 0.6 is 11.6 Å². The topological polar surface area (TPSA) is 122 Å². The first kappa shape index (κ1) is 17.5. The Morgan fingerprint density at radius 2 is 1.81 bits per heavy atom. The highest BCUT2D eigenvalue weighted by atomic mass is 35.5. The van der Waals surface area contributed by atoms with Crippen molar-refractivity contribution < 1.29 is 4.79 Å². The summed E-state index contributed by atoms with van der Waals surface area (Å²) >= 11 is 5.97. The van der Waals surface area contributed by atoms with Gasteiger partial charge in [-0.3, -0.25) is 4.79 Å². The van der Waals surface area contributed by atoms with Crippen LogP contribution in [-0.4, -0.2) is 22.6 Å². The average Bonchev–Trinajstić information content (AvgIpc) is 3.03. The van der Waals surface area contributed by atoms with Crippen molar-refractivity contribution in [3.8, 4) is 0 Å². The number of hydrogen-bond donors (Lipinski definition) is 4. The molecular weight excluding hydrogens is 352 g/mol. The molecule has 0 fully saturated rings. The highest BCUT2D eigenvalue weighted by Crippen LogP contribution is 2.21. The van der Waals surface area contributed by atoms with Gasteiger partial charge < -0.3 is 21.8 Å². The minimum atomic E-state index is -0.240. The molecule has 0 spiro atoms. The van der Waals surface area contributed by atoms with Crippen LogP contribution < -0.4 is 16.8 Å². The maximum atomic E-state index is 12.4. The molecule has 8 heteroatoms. The van der Waals surface area contributed by atoms with Crippen molar-refractivity contribution in [2.75, 3.05) is 5.32 Å². The summed E-state index contributed by atoms with van der Waals surface area (Å²) < 4.78 is 0. The Balaban J connectivity index is 1.74. The summed E-state index contributed by atoms with van der Waals surface area (Å²) in [5.41, 5.74) is 14.0. The van der Waals surface area contributed by atoms with E-state index in [4.69, 9.17) is 23.1 Å². The molecule has 1 heterocycles. The molecule has 26 heavy (non-hydrogen) atoms. The minimum absolute atomic E-state index is 0.104. The molecule has 1 aromatic heterocycles. The number of halogens is 1. The molecule has 0 unspecified atom stereocenters. The fraction of sp³-hybridized carbons (Fsp3) is 0.0556. The summed E-state index contributed by atoms with van der Waals surface area (Å²) in [6, 6.07) is 14.4. The zero-order valence-corrected chi connectivity index (χ0v) is 14.7. The Labute approximate surface area is 154 Å². The summed E-state index contributed by atoms with van der Waals surface area (Å²) in [6.45, 7) is 1.79. The van der Waals surface area contributed by atoms with E-state index in [0.29, 0.717) is 22.1 Å². The number of carbonyl (C=O) groups excluding carboxylic acids is 1. The van der Waals surface area contributed by atoms with Crippen molar-refractivity contribution in [3.63, 3.8) is 0 Å². The van der Waals surface area contributed by atoms with Crippen LogP contribution in [-0.2, 0) is 0 Å². The summed E-state index contributed by atoms with van der Waals surface area (Å²) in [6.07, 6.45) is 0. The van der Waals surface area contributed by atoms with E-state index >= 15 is 0 Å². The van der Waals surface area contributed by atoms with Crippen LogP contribution in [0.25, 0.3) is 10.9 Å². The van der Waals surface area contributed by atoms with Gasteiger partial charge in [-0.05, 0) is 48.9 Å². The third kappa shape index (κ3) is 4.01. The van der Waals surface area contributed by atoms with E-state index in [9.17, 15) is 4.79 Å². The first-order valence-electron chi connectivity index (χ1n) is 7.75. The maximum Gasteiger partial charge on any atom is 0.272 e. The minimum Gasteiger partial charge on any atom is -0.369 e. The molecule has 0 aliphatic heterocycles. The van der Waals surface area contributed by atoms with E-state index < -0.39 is 0 Å². The summed E-state index contributed by atoms with van der Waals surface area (Å²) in [5, 5.41) is 11.9. The van der Waals surface area contributed by atoms with Crippen LogP contribution in [0.5, 0.6) is 0 Å². The summed E-state index contributed by atoms with van der Waals surface area (Å²) in [5.74, 6) is -0.344. The van der Waals surface area contributed by atoms with E-state index in [1.165, 1.54) is 0 Å². The van der Waals surface area contributed by atoms with Crippen LogP contribution in [0, 0.1) is 0 Å². The van der Waals surface area contributed by atoms with E-state index in [1.54, 1.807) is 37.3 Å². The number of fused-ring (bicyclic) bond motifs is 1. The molecule has 0 saturated heterocycles.